The number of nitrogens with zero attached hydrogens (tertiary/aromatic N) is 4. The molecule has 0 aliphatic heterocycles. The molecule has 1 N–H and O–H groups in total. The van der Waals surface area contributed by atoms with E-state index in [9.17, 15) is 4.79 Å². The Kier molecular flexibility index (Phi) is 4.63. The third kappa shape index (κ3) is 5.11. The highest BCUT2D eigenvalue weighted by Gasteiger charge is 2.15. The summed E-state index contributed by atoms with van der Waals surface area (Å²) >= 11 is 0. The fourth-order valence-electron chi connectivity index (χ4n) is 1.17. The minimum Gasteiger partial charge on any atom is -0.444 e. The Balaban J connectivity index is 2.31. The van der Waals surface area contributed by atoms with Crippen LogP contribution in [0.1, 0.15) is 46.5 Å². The minimum atomic E-state index is -0.483. The van der Waals surface area contributed by atoms with E-state index in [-0.39, 0.29) is 6.04 Å². The van der Waals surface area contributed by atoms with Gasteiger partial charge in [0.15, 0.2) is 5.82 Å². The van der Waals surface area contributed by atoms with Gasteiger partial charge in [-0.1, -0.05) is 0 Å². The zero-order valence-electron chi connectivity index (χ0n) is 11.6. The molecule has 0 aromatic carbocycles. The zero-order valence-corrected chi connectivity index (χ0v) is 11.6. The molecule has 0 spiro atoms. The number of nitrogens with one attached hydrogen (secondary N) is 1. The minimum absolute atomic E-state index is 0.185. The Hall–Kier alpha value is -1.66. The van der Waals surface area contributed by atoms with Crippen LogP contribution < -0.4 is 5.32 Å². The molecule has 0 aliphatic carbocycles. The van der Waals surface area contributed by atoms with Crippen LogP contribution >= 0.6 is 0 Å². The smallest absolute Gasteiger partial charge is 0.407 e. The highest BCUT2D eigenvalue weighted by Crippen LogP contribution is 2.06. The number of hydrogen-bond donors (Lipinski definition) is 1. The van der Waals surface area contributed by atoms with Crippen molar-refractivity contribution >= 4 is 6.09 Å². The standard InChI is InChI=1S/C11H21N5O2/c1-8(2)16-14-9(13-15-16)6-7-12-10(17)18-11(3,4)5/h8H,6-7H2,1-5H3,(H,12,17). The summed E-state index contributed by atoms with van der Waals surface area (Å²) in [5.41, 5.74) is -0.483. The SMILES string of the molecule is CC(C)n1nnc(CCNC(=O)OC(C)(C)C)n1. The monoisotopic (exact) mass is 255 g/mol. The van der Waals surface area contributed by atoms with E-state index >= 15 is 0 Å². The predicted octanol–water partition coefficient (Wildman–Crippen LogP) is 1.32. The van der Waals surface area contributed by atoms with Crippen molar-refractivity contribution < 1.29 is 9.53 Å². The third-order valence-corrected chi connectivity index (χ3v) is 1.95. The van der Waals surface area contributed by atoms with Crippen molar-refractivity contribution in [2.75, 3.05) is 6.54 Å². The van der Waals surface area contributed by atoms with E-state index in [1.54, 1.807) is 4.80 Å². The van der Waals surface area contributed by atoms with E-state index in [1.807, 2.05) is 34.6 Å². The van der Waals surface area contributed by atoms with Crippen molar-refractivity contribution in [1.82, 2.24) is 25.5 Å². The maximum Gasteiger partial charge on any atom is 0.407 e. The van der Waals surface area contributed by atoms with Gasteiger partial charge in [-0.15, -0.1) is 10.2 Å². The topological polar surface area (TPSA) is 81.9 Å². The molecule has 0 unspecified atom stereocenters. The van der Waals surface area contributed by atoms with Gasteiger partial charge in [0.25, 0.3) is 0 Å². The van der Waals surface area contributed by atoms with Gasteiger partial charge < -0.3 is 10.1 Å². The van der Waals surface area contributed by atoms with Gasteiger partial charge in [-0.25, -0.2) is 4.79 Å². The first-order chi connectivity index (χ1) is 8.28. The molecule has 18 heavy (non-hydrogen) atoms. The first kappa shape index (κ1) is 14.4. The lowest BCUT2D eigenvalue weighted by Crippen LogP contribution is -2.33. The number of amides is 1. The van der Waals surface area contributed by atoms with Crippen molar-refractivity contribution in [3.63, 3.8) is 0 Å². The second-order valence-electron chi connectivity index (χ2n) is 5.30. The summed E-state index contributed by atoms with van der Waals surface area (Å²) < 4.78 is 5.11. The summed E-state index contributed by atoms with van der Waals surface area (Å²) in [4.78, 5) is 12.9. The van der Waals surface area contributed by atoms with Gasteiger partial charge in [0.1, 0.15) is 5.60 Å². The number of hydrogen-bond acceptors (Lipinski definition) is 5. The average molecular weight is 255 g/mol. The van der Waals surface area contributed by atoms with Crippen molar-refractivity contribution in [3.05, 3.63) is 5.82 Å². The van der Waals surface area contributed by atoms with Gasteiger partial charge in [0, 0.05) is 13.0 Å². The Morgan fingerprint density at radius 3 is 2.61 bits per heavy atom. The molecule has 0 saturated carbocycles. The first-order valence-electron chi connectivity index (χ1n) is 6.03. The number of carbonyl (C=O) groups is 1. The quantitative estimate of drug-likeness (QED) is 0.877. The molecule has 0 bridgehead atoms. The normalized spacial score (nSPS) is 11.7. The summed E-state index contributed by atoms with van der Waals surface area (Å²) in [6.07, 6.45) is 0.102. The molecule has 0 saturated heterocycles. The first-order valence-corrected chi connectivity index (χ1v) is 6.03. The number of alkyl carbamates (subject to hydrolysis) is 1. The molecule has 0 aliphatic rings. The van der Waals surface area contributed by atoms with Crippen LogP contribution in [-0.4, -0.2) is 38.4 Å². The molecule has 0 fully saturated rings. The van der Waals surface area contributed by atoms with E-state index in [0.717, 1.165) is 0 Å². The molecule has 1 amide bonds. The number of ether oxygens (including phenoxy) is 1. The van der Waals surface area contributed by atoms with Crippen LogP contribution in [0, 0.1) is 0 Å². The highest BCUT2D eigenvalue weighted by atomic mass is 16.6. The number of tetrazole rings is 1. The maximum absolute atomic E-state index is 11.4. The van der Waals surface area contributed by atoms with Crippen molar-refractivity contribution in [1.29, 1.82) is 0 Å². The van der Waals surface area contributed by atoms with Gasteiger partial charge in [-0.2, -0.15) is 4.80 Å². The average Bonchev–Trinajstić information content (AvgIpc) is 2.63. The molecule has 7 heteroatoms. The predicted molar refractivity (Wildman–Crippen MR) is 66.1 cm³/mol. The summed E-state index contributed by atoms with van der Waals surface area (Å²) in [6.45, 7) is 9.85. The molecule has 102 valence electrons. The maximum atomic E-state index is 11.4. The summed E-state index contributed by atoms with van der Waals surface area (Å²) in [7, 11) is 0. The van der Waals surface area contributed by atoms with E-state index in [0.29, 0.717) is 18.8 Å². The fraction of sp³-hybridized carbons (Fsp3) is 0.818. The van der Waals surface area contributed by atoms with Gasteiger partial charge in [0.05, 0.1) is 6.04 Å². The van der Waals surface area contributed by atoms with Crippen molar-refractivity contribution in [3.8, 4) is 0 Å². The summed E-state index contributed by atoms with van der Waals surface area (Å²) in [5, 5.41) is 14.6. The number of aromatic nitrogens is 4. The van der Waals surface area contributed by atoms with Gasteiger partial charge in [-0.3, -0.25) is 0 Å². The lowest BCUT2D eigenvalue weighted by Gasteiger charge is -2.19. The van der Waals surface area contributed by atoms with Crippen LogP contribution in [0.5, 0.6) is 0 Å². The van der Waals surface area contributed by atoms with Crippen LogP contribution in [0.4, 0.5) is 4.79 Å². The summed E-state index contributed by atoms with van der Waals surface area (Å²) in [6, 6.07) is 0.185. The van der Waals surface area contributed by atoms with E-state index in [1.165, 1.54) is 0 Å². The van der Waals surface area contributed by atoms with Crippen LogP contribution in [0.15, 0.2) is 0 Å². The molecular weight excluding hydrogens is 234 g/mol. The second-order valence-corrected chi connectivity index (χ2v) is 5.30. The van der Waals surface area contributed by atoms with Crippen molar-refractivity contribution in [2.45, 2.75) is 52.7 Å². The molecule has 1 heterocycles. The van der Waals surface area contributed by atoms with Crippen LogP contribution in [0.2, 0.25) is 0 Å². The van der Waals surface area contributed by atoms with E-state index in [2.05, 4.69) is 20.7 Å². The molecule has 0 radical (unpaired) electrons. The van der Waals surface area contributed by atoms with Gasteiger partial charge in [0.2, 0.25) is 0 Å². The highest BCUT2D eigenvalue weighted by molar-refractivity contribution is 5.67. The number of carbonyl (C=O) groups excluding carboxylic acids is 1. The van der Waals surface area contributed by atoms with Gasteiger partial charge >= 0.3 is 6.09 Å². The molecule has 7 nitrogen and oxygen atoms in total. The van der Waals surface area contributed by atoms with Crippen LogP contribution in [0.25, 0.3) is 0 Å². The summed E-state index contributed by atoms with van der Waals surface area (Å²) in [5.74, 6) is 0.611. The lowest BCUT2D eigenvalue weighted by atomic mass is 10.2. The Morgan fingerprint density at radius 1 is 1.44 bits per heavy atom. The van der Waals surface area contributed by atoms with E-state index < -0.39 is 11.7 Å². The number of rotatable bonds is 4. The molecule has 1 aromatic rings. The largest absolute Gasteiger partial charge is 0.444 e. The molecule has 1 rings (SSSR count). The Morgan fingerprint density at radius 2 is 2.11 bits per heavy atom. The van der Waals surface area contributed by atoms with Crippen molar-refractivity contribution in [2.24, 2.45) is 0 Å². The lowest BCUT2D eigenvalue weighted by molar-refractivity contribution is 0.0528. The Bertz CT molecular complexity index is 394. The Labute approximate surface area is 107 Å². The molecule has 1 aromatic heterocycles. The second kappa shape index (κ2) is 5.79. The van der Waals surface area contributed by atoms with Crippen LogP contribution in [0.3, 0.4) is 0 Å². The van der Waals surface area contributed by atoms with E-state index in [4.69, 9.17) is 4.74 Å². The third-order valence-electron chi connectivity index (χ3n) is 1.95. The molecular formula is C11H21N5O2. The fourth-order valence-corrected chi connectivity index (χ4v) is 1.17. The molecule has 0 atom stereocenters. The zero-order chi connectivity index (χ0) is 13.8. The van der Waals surface area contributed by atoms with Gasteiger partial charge in [-0.05, 0) is 39.8 Å². The van der Waals surface area contributed by atoms with Crippen LogP contribution in [-0.2, 0) is 11.2 Å².